The average molecular weight is 286 g/mol. The van der Waals surface area contributed by atoms with Gasteiger partial charge < -0.3 is 4.90 Å². The van der Waals surface area contributed by atoms with Gasteiger partial charge in [-0.1, -0.05) is 44.2 Å². The van der Waals surface area contributed by atoms with Crippen LogP contribution in [0.2, 0.25) is 0 Å². The molecule has 1 unspecified atom stereocenters. The predicted octanol–water partition coefficient (Wildman–Crippen LogP) is 2.42. The number of hydrogen-bond acceptors (Lipinski definition) is 2. The third-order valence-electron chi connectivity index (χ3n) is 5.06. The van der Waals surface area contributed by atoms with Crippen LogP contribution in [0.15, 0.2) is 30.3 Å². The quantitative estimate of drug-likeness (QED) is 0.848. The van der Waals surface area contributed by atoms with Crippen molar-refractivity contribution in [2.24, 2.45) is 11.3 Å². The summed E-state index contributed by atoms with van der Waals surface area (Å²) in [6, 6.07) is 10.6. The van der Waals surface area contributed by atoms with E-state index < -0.39 is 0 Å². The van der Waals surface area contributed by atoms with Gasteiger partial charge in [-0.15, -0.1) is 0 Å². The number of piperazine rings is 1. The van der Waals surface area contributed by atoms with E-state index in [4.69, 9.17) is 0 Å². The van der Waals surface area contributed by atoms with Gasteiger partial charge >= 0.3 is 0 Å². The van der Waals surface area contributed by atoms with Crippen molar-refractivity contribution in [2.75, 3.05) is 32.7 Å². The fourth-order valence-corrected chi connectivity index (χ4v) is 3.23. The molecule has 1 atom stereocenters. The van der Waals surface area contributed by atoms with E-state index in [9.17, 15) is 4.79 Å². The number of benzene rings is 1. The van der Waals surface area contributed by atoms with Gasteiger partial charge in [-0.3, -0.25) is 9.69 Å². The van der Waals surface area contributed by atoms with Gasteiger partial charge in [0, 0.05) is 38.6 Å². The predicted molar refractivity (Wildman–Crippen MR) is 85.1 cm³/mol. The number of amides is 1. The minimum atomic E-state index is 0.252. The van der Waals surface area contributed by atoms with Crippen LogP contribution in [0.3, 0.4) is 0 Å². The summed E-state index contributed by atoms with van der Waals surface area (Å²) in [6.07, 6.45) is 2.17. The van der Waals surface area contributed by atoms with Gasteiger partial charge in [0.25, 0.3) is 0 Å². The molecule has 0 N–H and O–H groups in total. The van der Waals surface area contributed by atoms with Crippen LogP contribution >= 0.6 is 0 Å². The Bertz CT molecular complexity index is 489. The van der Waals surface area contributed by atoms with Crippen LogP contribution in [0.1, 0.15) is 25.8 Å². The standard InChI is InChI=1S/C18H26N2O/c1-18(2)14-16(18)17(21)20-12-10-19(11-13-20)9-8-15-6-4-3-5-7-15/h3-7,16H,8-14H2,1-2H3. The Balaban J connectivity index is 1.42. The summed E-state index contributed by atoms with van der Waals surface area (Å²) in [6.45, 7) is 9.34. The monoisotopic (exact) mass is 286 g/mol. The van der Waals surface area contributed by atoms with Crippen molar-refractivity contribution in [2.45, 2.75) is 26.7 Å². The highest BCUT2D eigenvalue weighted by Crippen LogP contribution is 2.52. The zero-order valence-corrected chi connectivity index (χ0v) is 13.2. The van der Waals surface area contributed by atoms with Gasteiger partial charge in [-0.2, -0.15) is 0 Å². The maximum atomic E-state index is 12.4. The molecule has 0 spiro atoms. The number of rotatable bonds is 4. The van der Waals surface area contributed by atoms with Crippen LogP contribution < -0.4 is 0 Å². The molecule has 3 nitrogen and oxygen atoms in total. The maximum Gasteiger partial charge on any atom is 0.226 e. The van der Waals surface area contributed by atoms with Crippen LogP contribution in [0.25, 0.3) is 0 Å². The molecular weight excluding hydrogens is 260 g/mol. The normalized spacial score (nSPS) is 24.9. The molecule has 1 heterocycles. The van der Waals surface area contributed by atoms with E-state index >= 15 is 0 Å². The third kappa shape index (κ3) is 3.46. The molecular formula is C18H26N2O. The number of nitrogens with zero attached hydrogens (tertiary/aromatic N) is 2. The molecule has 1 aliphatic heterocycles. The van der Waals surface area contributed by atoms with Gasteiger partial charge in [0.1, 0.15) is 0 Å². The molecule has 2 fully saturated rings. The van der Waals surface area contributed by atoms with E-state index in [1.807, 2.05) is 0 Å². The van der Waals surface area contributed by atoms with Gasteiger partial charge in [-0.05, 0) is 23.8 Å². The first-order valence-electron chi connectivity index (χ1n) is 8.11. The zero-order valence-electron chi connectivity index (χ0n) is 13.2. The molecule has 114 valence electrons. The molecule has 0 aromatic heterocycles. The van der Waals surface area contributed by atoms with Crippen molar-refractivity contribution in [3.05, 3.63) is 35.9 Å². The Labute approximate surface area is 127 Å². The summed E-state index contributed by atoms with van der Waals surface area (Å²) in [5, 5.41) is 0. The molecule has 1 aromatic carbocycles. The molecule has 3 heteroatoms. The van der Waals surface area contributed by atoms with Crippen LogP contribution in [-0.2, 0) is 11.2 Å². The average Bonchev–Trinajstić information content (AvgIpc) is 3.15. The number of hydrogen-bond donors (Lipinski definition) is 0. The van der Waals surface area contributed by atoms with E-state index in [1.54, 1.807) is 0 Å². The maximum absolute atomic E-state index is 12.4. The molecule has 0 bridgehead atoms. The molecule has 21 heavy (non-hydrogen) atoms. The molecule has 1 aliphatic carbocycles. The summed E-state index contributed by atoms with van der Waals surface area (Å²) in [4.78, 5) is 16.9. The second-order valence-corrected chi connectivity index (χ2v) is 7.15. The lowest BCUT2D eigenvalue weighted by Crippen LogP contribution is -2.49. The summed E-state index contributed by atoms with van der Waals surface area (Å²) >= 11 is 0. The smallest absolute Gasteiger partial charge is 0.226 e. The first kappa shape index (κ1) is 14.6. The summed E-state index contributed by atoms with van der Waals surface area (Å²) in [7, 11) is 0. The first-order valence-corrected chi connectivity index (χ1v) is 8.11. The number of carbonyl (C=O) groups is 1. The number of carbonyl (C=O) groups excluding carboxylic acids is 1. The third-order valence-corrected chi connectivity index (χ3v) is 5.06. The van der Waals surface area contributed by atoms with Gasteiger partial charge in [0.15, 0.2) is 0 Å². The highest BCUT2D eigenvalue weighted by atomic mass is 16.2. The largest absolute Gasteiger partial charge is 0.340 e. The van der Waals surface area contributed by atoms with Gasteiger partial charge in [0.2, 0.25) is 5.91 Å². The van der Waals surface area contributed by atoms with Crippen molar-refractivity contribution in [1.82, 2.24) is 9.80 Å². The zero-order chi connectivity index (χ0) is 14.9. The fourth-order valence-electron chi connectivity index (χ4n) is 3.23. The molecule has 1 aromatic rings. The van der Waals surface area contributed by atoms with E-state index in [0.717, 1.165) is 45.6 Å². The van der Waals surface area contributed by atoms with E-state index in [0.29, 0.717) is 5.91 Å². The Morgan fingerprint density at radius 2 is 1.76 bits per heavy atom. The summed E-state index contributed by atoms with van der Waals surface area (Å²) in [5.74, 6) is 0.677. The SMILES string of the molecule is CC1(C)CC1C(=O)N1CCN(CCc2ccccc2)CC1. The molecule has 3 rings (SSSR count). The summed E-state index contributed by atoms with van der Waals surface area (Å²) in [5.41, 5.74) is 1.65. The minimum Gasteiger partial charge on any atom is -0.340 e. The highest BCUT2D eigenvalue weighted by molar-refractivity contribution is 5.82. The minimum absolute atomic E-state index is 0.252. The topological polar surface area (TPSA) is 23.6 Å². The second kappa shape index (κ2) is 5.80. The molecule has 1 saturated heterocycles. The van der Waals surface area contributed by atoms with Crippen molar-refractivity contribution in [1.29, 1.82) is 0 Å². The van der Waals surface area contributed by atoms with E-state index in [2.05, 4.69) is 54.0 Å². The molecule has 0 radical (unpaired) electrons. The Morgan fingerprint density at radius 3 is 2.33 bits per heavy atom. The van der Waals surface area contributed by atoms with Crippen molar-refractivity contribution >= 4 is 5.91 Å². The Morgan fingerprint density at radius 1 is 1.14 bits per heavy atom. The van der Waals surface area contributed by atoms with Crippen LogP contribution in [0, 0.1) is 11.3 Å². The van der Waals surface area contributed by atoms with Crippen LogP contribution in [0.4, 0.5) is 0 Å². The summed E-state index contributed by atoms with van der Waals surface area (Å²) < 4.78 is 0. The highest BCUT2D eigenvalue weighted by Gasteiger charge is 2.52. The lowest BCUT2D eigenvalue weighted by molar-refractivity contribution is -0.135. The lowest BCUT2D eigenvalue weighted by Gasteiger charge is -2.35. The van der Waals surface area contributed by atoms with Gasteiger partial charge in [0.05, 0.1) is 0 Å². The van der Waals surface area contributed by atoms with Crippen molar-refractivity contribution < 1.29 is 4.79 Å². The Kier molecular flexibility index (Phi) is 4.03. The second-order valence-electron chi connectivity index (χ2n) is 7.15. The van der Waals surface area contributed by atoms with E-state index in [1.165, 1.54) is 5.56 Å². The molecule has 2 aliphatic rings. The molecule has 1 amide bonds. The van der Waals surface area contributed by atoms with Crippen molar-refractivity contribution in [3.63, 3.8) is 0 Å². The Hall–Kier alpha value is -1.35. The van der Waals surface area contributed by atoms with Gasteiger partial charge in [-0.25, -0.2) is 0 Å². The molecule has 1 saturated carbocycles. The van der Waals surface area contributed by atoms with Crippen LogP contribution in [0.5, 0.6) is 0 Å². The van der Waals surface area contributed by atoms with Crippen molar-refractivity contribution in [3.8, 4) is 0 Å². The fraction of sp³-hybridized carbons (Fsp3) is 0.611. The lowest BCUT2D eigenvalue weighted by atomic mass is 10.1. The first-order chi connectivity index (χ1) is 10.1. The van der Waals surface area contributed by atoms with Crippen LogP contribution in [-0.4, -0.2) is 48.4 Å². The van der Waals surface area contributed by atoms with E-state index in [-0.39, 0.29) is 11.3 Å².